The van der Waals surface area contributed by atoms with E-state index in [4.69, 9.17) is 10.2 Å². The number of rotatable bonds is 5. The molecule has 1 unspecified atom stereocenters. The van der Waals surface area contributed by atoms with Crippen LogP contribution in [0.3, 0.4) is 0 Å². The average Bonchev–Trinajstić information content (AvgIpc) is 2.78. The Bertz CT molecular complexity index is 574. The Balaban J connectivity index is 2.18. The summed E-state index contributed by atoms with van der Waals surface area (Å²) in [5.74, 6) is 1.93. The molecule has 0 spiro atoms. The minimum absolute atomic E-state index is 0.209. The van der Waals surface area contributed by atoms with Gasteiger partial charge in [0.1, 0.15) is 11.5 Å². The molecule has 108 valence electrons. The molecule has 0 fully saturated rings. The summed E-state index contributed by atoms with van der Waals surface area (Å²) in [5.41, 5.74) is 9.87. The van der Waals surface area contributed by atoms with Gasteiger partial charge in [-0.1, -0.05) is 23.8 Å². The summed E-state index contributed by atoms with van der Waals surface area (Å²) in [6.07, 6.45) is 0. The molecule has 20 heavy (non-hydrogen) atoms. The van der Waals surface area contributed by atoms with Gasteiger partial charge in [0, 0.05) is 12.6 Å². The summed E-state index contributed by atoms with van der Waals surface area (Å²) in [6, 6.07) is 10.8. The van der Waals surface area contributed by atoms with Gasteiger partial charge in [0.05, 0.1) is 6.54 Å². The Morgan fingerprint density at radius 1 is 1.15 bits per heavy atom. The molecular weight excluding hydrogens is 248 g/mol. The van der Waals surface area contributed by atoms with Crippen LogP contribution in [0.4, 0.5) is 0 Å². The Kier molecular flexibility index (Phi) is 4.63. The zero-order valence-electron chi connectivity index (χ0n) is 12.8. The zero-order valence-corrected chi connectivity index (χ0v) is 12.8. The fourth-order valence-corrected chi connectivity index (χ4v) is 2.67. The van der Waals surface area contributed by atoms with E-state index in [1.807, 2.05) is 19.1 Å². The van der Waals surface area contributed by atoms with Gasteiger partial charge in [-0.05, 0) is 51.1 Å². The molecule has 3 heteroatoms. The highest BCUT2D eigenvalue weighted by molar-refractivity contribution is 5.33. The van der Waals surface area contributed by atoms with Crippen molar-refractivity contribution in [2.24, 2.45) is 5.73 Å². The monoisotopic (exact) mass is 272 g/mol. The van der Waals surface area contributed by atoms with E-state index in [2.05, 4.69) is 44.0 Å². The van der Waals surface area contributed by atoms with Crippen molar-refractivity contribution in [1.82, 2.24) is 4.90 Å². The van der Waals surface area contributed by atoms with Crippen LogP contribution in [-0.2, 0) is 6.54 Å². The molecule has 1 aromatic carbocycles. The Hall–Kier alpha value is -1.58. The molecule has 2 rings (SSSR count). The van der Waals surface area contributed by atoms with Crippen molar-refractivity contribution in [2.45, 2.75) is 33.4 Å². The van der Waals surface area contributed by atoms with Gasteiger partial charge in [0.15, 0.2) is 0 Å². The first kappa shape index (κ1) is 14.8. The number of hydrogen-bond donors (Lipinski definition) is 1. The molecule has 1 heterocycles. The van der Waals surface area contributed by atoms with Crippen LogP contribution in [0.15, 0.2) is 34.7 Å². The van der Waals surface area contributed by atoms with Crippen molar-refractivity contribution in [3.63, 3.8) is 0 Å². The molecule has 1 atom stereocenters. The topological polar surface area (TPSA) is 42.4 Å². The molecule has 0 aliphatic heterocycles. The van der Waals surface area contributed by atoms with Gasteiger partial charge in [-0.15, -0.1) is 0 Å². The first-order valence-electron chi connectivity index (χ1n) is 7.04. The lowest BCUT2D eigenvalue weighted by Gasteiger charge is -2.28. The van der Waals surface area contributed by atoms with Gasteiger partial charge >= 0.3 is 0 Å². The Labute approximate surface area is 121 Å². The van der Waals surface area contributed by atoms with E-state index in [0.717, 1.165) is 18.1 Å². The van der Waals surface area contributed by atoms with E-state index in [0.29, 0.717) is 6.54 Å². The third-order valence-electron chi connectivity index (χ3n) is 3.74. The lowest BCUT2D eigenvalue weighted by atomic mass is 9.98. The first-order chi connectivity index (χ1) is 9.51. The number of nitrogens with two attached hydrogens (primary N) is 1. The van der Waals surface area contributed by atoms with Crippen LogP contribution in [-0.4, -0.2) is 18.5 Å². The van der Waals surface area contributed by atoms with Gasteiger partial charge in [-0.25, -0.2) is 0 Å². The summed E-state index contributed by atoms with van der Waals surface area (Å²) in [6.45, 7) is 7.59. The molecule has 2 aromatic rings. The largest absolute Gasteiger partial charge is 0.465 e. The number of likely N-dealkylation sites (N-methyl/N-ethyl adjacent to an activating group) is 1. The van der Waals surface area contributed by atoms with Gasteiger partial charge in [-0.3, -0.25) is 4.90 Å². The van der Waals surface area contributed by atoms with Crippen LogP contribution < -0.4 is 5.73 Å². The highest BCUT2D eigenvalue weighted by Gasteiger charge is 2.18. The van der Waals surface area contributed by atoms with E-state index in [1.165, 1.54) is 16.7 Å². The van der Waals surface area contributed by atoms with Gasteiger partial charge in [-0.2, -0.15) is 0 Å². The Morgan fingerprint density at radius 3 is 2.45 bits per heavy atom. The van der Waals surface area contributed by atoms with Gasteiger partial charge in [0.25, 0.3) is 0 Å². The maximum absolute atomic E-state index is 6.00. The predicted octanol–water partition coefficient (Wildman–Crippen LogP) is 3.34. The average molecular weight is 272 g/mol. The van der Waals surface area contributed by atoms with Crippen molar-refractivity contribution in [2.75, 3.05) is 13.6 Å². The fourth-order valence-electron chi connectivity index (χ4n) is 2.67. The van der Waals surface area contributed by atoms with E-state index in [9.17, 15) is 0 Å². The summed E-state index contributed by atoms with van der Waals surface area (Å²) in [5, 5.41) is 0. The molecule has 1 aromatic heterocycles. The van der Waals surface area contributed by atoms with Gasteiger partial charge in [0.2, 0.25) is 0 Å². The Morgan fingerprint density at radius 2 is 1.90 bits per heavy atom. The van der Waals surface area contributed by atoms with E-state index >= 15 is 0 Å². The molecule has 0 saturated heterocycles. The van der Waals surface area contributed by atoms with Crippen LogP contribution in [0.25, 0.3) is 0 Å². The SMILES string of the molecule is Cc1ccc(C(CN)N(C)Cc2ccc(C)o2)c(C)c1. The smallest absolute Gasteiger partial charge is 0.118 e. The highest BCUT2D eigenvalue weighted by Crippen LogP contribution is 2.24. The molecule has 3 nitrogen and oxygen atoms in total. The molecular formula is C17H24N2O. The van der Waals surface area contributed by atoms with Crippen LogP contribution >= 0.6 is 0 Å². The van der Waals surface area contributed by atoms with Crippen LogP contribution in [0.1, 0.15) is 34.3 Å². The van der Waals surface area contributed by atoms with E-state index in [1.54, 1.807) is 0 Å². The maximum Gasteiger partial charge on any atom is 0.118 e. The van der Waals surface area contributed by atoms with E-state index in [-0.39, 0.29) is 6.04 Å². The quantitative estimate of drug-likeness (QED) is 0.907. The normalized spacial score (nSPS) is 12.9. The number of furan rings is 1. The number of hydrogen-bond acceptors (Lipinski definition) is 3. The second-order valence-corrected chi connectivity index (χ2v) is 5.54. The van der Waals surface area contributed by atoms with Crippen LogP contribution in [0.2, 0.25) is 0 Å². The first-order valence-corrected chi connectivity index (χ1v) is 7.04. The second kappa shape index (κ2) is 6.25. The molecule has 0 radical (unpaired) electrons. The standard InChI is InChI=1S/C17H24N2O/c1-12-5-8-16(13(2)9-12)17(10-18)19(4)11-15-7-6-14(3)20-15/h5-9,17H,10-11,18H2,1-4H3. The third-order valence-corrected chi connectivity index (χ3v) is 3.74. The van der Waals surface area contributed by atoms with Crippen molar-refractivity contribution < 1.29 is 4.42 Å². The predicted molar refractivity (Wildman–Crippen MR) is 82.6 cm³/mol. The van der Waals surface area contributed by atoms with Crippen molar-refractivity contribution in [3.05, 3.63) is 58.5 Å². The molecule has 2 N–H and O–H groups in total. The van der Waals surface area contributed by atoms with Crippen LogP contribution in [0.5, 0.6) is 0 Å². The van der Waals surface area contributed by atoms with Crippen LogP contribution in [0, 0.1) is 20.8 Å². The fraction of sp³-hybridized carbons (Fsp3) is 0.412. The molecule has 0 bridgehead atoms. The summed E-state index contributed by atoms with van der Waals surface area (Å²) < 4.78 is 5.65. The minimum atomic E-state index is 0.209. The molecule has 0 amide bonds. The molecule has 0 aliphatic carbocycles. The lowest BCUT2D eigenvalue weighted by Crippen LogP contribution is -2.30. The number of nitrogens with zero attached hydrogens (tertiary/aromatic N) is 1. The molecule has 0 aliphatic rings. The highest BCUT2D eigenvalue weighted by atomic mass is 16.3. The molecule has 0 saturated carbocycles. The summed E-state index contributed by atoms with van der Waals surface area (Å²) >= 11 is 0. The number of benzene rings is 1. The third kappa shape index (κ3) is 3.30. The summed E-state index contributed by atoms with van der Waals surface area (Å²) in [7, 11) is 2.09. The number of aryl methyl sites for hydroxylation is 3. The zero-order chi connectivity index (χ0) is 14.7. The van der Waals surface area contributed by atoms with Gasteiger partial charge < -0.3 is 10.2 Å². The lowest BCUT2D eigenvalue weighted by molar-refractivity contribution is 0.221. The van der Waals surface area contributed by atoms with Crippen molar-refractivity contribution in [1.29, 1.82) is 0 Å². The summed E-state index contributed by atoms with van der Waals surface area (Å²) in [4.78, 5) is 2.25. The van der Waals surface area contributed by atoms with Crippen molar-refractivity contribution >= 4 is 0 Å². The van der Waals surface area contributed by atoms with Crippen molar-refractivity contribution in [3.8, 4) is 0 Å². The maximum atomic E-state index is 6.00. The minimum Gasteiger partial charge on any atom is -0.465 e. The second-order valence-electron chi connectivity index (χ2n) is 5.54. The van der Waals surface area contributed by atoms with E-state index < -0.39 is 0 Å².